The van der Waals surface area contributed by atoms with Gasteiger partial charge in [-0.15, -0.1) is 0 Å². The summed E-state index contributed by atoms with van der Waals surface area (Å²) in [5.41, 5.74) is 0.519. The van der Waals surface area contributed by atoms with Crippen LogP contribution in [-0.4, -0.2) is 37.9 Å². The highest BCUT2D eigenvalue weighted by Crippen LogP contribution is 2.24. The van der Waals surface area contributed by atoms with Crippen LogP contribution in [0.2, 0.25) is 5.02 Å². The zero-order chi connectivity index (χ0) is 15.0. The molecule has 0 aromatic heterocycles. The molecule has 2 bridgehead atoms. The SMILES string of the molecule is O=S(=O)(Cc1ccc(F)c(Cl)c1)N1CC2CCCC(C1)N2. The van der Waals surface area contributed by atoms with E-state index in [1.807, 2.05) is 0 Å². The van der Waals surface area contributed by atoms with Gasteiger partial charge >= 0.3 is 0 Å². The molecular weight excluding hydrogens is 315 g/mol. The molecule has 0 amide bonds. The molecular formula is C14H18ClFN2O2S. The number of nitrogens with one attached hydrogen (secondary N) is 1. The fourth-order valence-corrected chi connectivity index (χ4v) is 4.92. The van der Waals surface area contributed by atoms with Crippen molar-refractivity contribution in [2.75, 3.05) is 13.1 Å². The molecule has 0 saturated carbocycles. The fourth-order valence-electron chi connectivity index (χ4n) is 3.12. The van der Waals surface area contributed by atoms with Crippen molar-refractivity contribution < 1.29 is 12.8 Å². The van der Waals surface area contributed by atoms with Crippen LogP contribution in [0, 0.1) is 5.82 Å². The topological polar surface area (TPSA) is 49.4 Å². The van der Waals surface area contributed by atoms with Crippen LogP contribution in [0.5, 0.6) is 0 Å². The molecule has 0 aliphatic carbocycles. The summed E-state index contributed by atoms with van der Waals surface area (Å²) in [7, 11) is -3.40. The summed E-state index contributed by atoms with van der Waals surface area (Å²) in [5.74, 6) is -0.665. The van der Waals surface area contributed by atoms with Gasteiger partial charge in [0.1, 0.15) is 5.82 Å². The zero-order valence-electron chi connectivity index (χ0n) is 11.6. The van der Waals surface area contributed by atoms with Crippen molar-refractivity contribution in [3.63, 3.8) is 0 Å². The molecule has 2 fully saturated rings. The van der Waals surface area contributed by atoms with Gasteiger partial charge in [-0.25, -0.2) is 12.8 Å². The van der Waals surface area contributed by atoms with E-state index in [0.29, 0.717) is 18.7 Å². The van der Waals surface area contributed by atoms with Crippen molar-refractivity contribution in [1.82, 2.24) is 9.62 Å². The van der Waals surface area contributed by atoms with E-state index in [1.54, 1.807) is 4.31 Å². The highest BCUT2D eigenvalue weighted by molar-refractivity contribution is 7.88. The number of piperazine rings is 1. The van der Waals surface area contributed by atoms with Gasteiger partial charge in [0, 0.05) is 25.2 Å². The number of hydrogen-bond acceptors (Lipinski definition) is 3. The van der Waals surface area contributed by atoms with E-state index in [2.05, 4.69) is 5.32 Å². The van der Waals surface area contributed by atoms with Crippen LogP contribution in [0.1, 0.15) is 24.8 Å². The summed E-state index contributed by atoms with van der Waals surface area (Å²) >= 11 is 5.71. The highest BCUT2D eigenvalue weighted by Gasteiger charge is 2.35. The second-order valence-corrected chi connectivity index (χ2v) is 8.19. The lowest BCUT2D eigenvalue weighted by molar-refractivity contribution is 0.190. The Morgan fingerprint density at radius 1 is 1.29 bits per heavy atom. The maximum atomic E-state index is 13.1. The van der Waals surface area contributed by atoms with Crippen LogP contribution >= 0.6 is 11.6 Å². The maximum Gasteiger partial charge on any atom is 0.218 e. The van der Waals surface area contributed by atoms with Gasteiger partial charge in [0.2, 0.25) is 10.0 Å². The Kier molecular flexibility index (Phi) is 4.23. The molecule has 2 heterocycles. The number of hydrogen-bond donors (Lipinski definition) is 1. The molecule has 1 aromatic carbocycles. The molecule has 1 aromatic rings. The first-order valence-corrected chi connectivity index (χ1v) is 9.10. The third-order valence-electron chi connectivity index (χ3n) is 4.15. The van der Waals surface area contributed by atoms with Crippen molar-refractivity contribution >= 4 is 21.6 Å². The monoisotopic (exact) mass is 332 g/mol. The van der Waals surface area contributed by atoms with E-state index in [0.717, 1.165) is 19.3 Å². The first kappa shape index (κ1) is 15.2. The Labute approximate surface area is 129 Å². The Morgan fingerprint density at radius 2 is 1.95 bits per heavy atom. The van der Waals surface area contributed by atoms with E-state index in [4.69, 9.17) is 11.6 Å². The number of rotatable bonds is 3. The molecule has 2 unspecified atom stereocenters. The Hall–Kier alpha value is -0.690. The average Bonchev–Trinajstić information content (AvgIpc) is 2.42. The van der Waals surface area contributed by atoms with Crippen molar-refractivity contribution in [1.29, 1.82) is 0 Å². The summed E-state index contributed by atoms with van der Waals surface area (Å²) in [4.78, 5) is 0. The number of benzene rings is 1. The van der Waals surface area contributed by atoms with Crippen molar-refractivity contribution in [3.05, 3.63) is 34.6 Å². The Morgan fingerprint density at radius 3 is 2.57 bits per heavy atom. The largest absolute Gasteiger partial charge is 0.309 e. The minimum Gasteiger partial charge on any atom is -0.309 e. The number of nitrogens with zero attached hydrogens (tertiary/aromatic N) is 1. The number of sulfonamides is 1. The van der Waals surface area contributed by atoms with Crippen LogP contribution in [0.25, 0.3) is 0 Å². The first-order chi connectivity index (χ1) is 9.94. The standard InChI is InChI=1S/C14H18ClFN2O2S/c15-13-6-10(4-5-14(13)16)9-21(19,20)18-7-11-2-1-3-12(8-18)17-11/h4-6,11-12,17H,1-3,7-9H2. The van der Waals surface area contributed by atoms with E-state index >= 15 is 0 Å². The number of halogens is 2. The number of piperidine rings is 1. The third-order valence-corrected chi connectivity index (χ3v) is 6.22. The van der Waals surface area contributed by atoms with Gasteiger partial charge in [-0.2, -0.15) is 4.31 Å². The quantitative estimate of drug-likeness (QED) is 0.922. The average molecular weight is 333 g/mol. The molecule has 1 N–H and O–H groups in total. The van der Waals surface area contributed by atoms with Gasteiger partial charge in [0.15, 0.2) is 0 Å². The van der Waals surface area contributed by atoms with Crippen molar-refractivity contribution in [3.8, 4) is 0 Å². The van der Waals surface area contributed by atoms with E-state index in [-0.39, 0.29) is 22.9 Å². The highest BCUT2D eigenvalue weighted by atomic mass is 35.5. The lowest BCUT2D eigenvalue weighted by Gasteiger charge is -2.41. The van der Waals surface area contributed by atoms with Crippen LogP contribution in [0.4, 0.5) is 4.39 Å². The van der Waals surface area contributed by atoms with E-state index in [1.165, 1.54) is 18.2 Å². The van der Waals surface area contributed by atoms with Gasteiger partial charge in [-0.05, 0) is 30.5 Å². The minimum absolute atomic E-state index is 0.0418. The molecule has 3 rings (SSSR count). The first-order valence-electron chi connectivity index (χ1n) is 7.12. The lowest BCUT2D eigenvalue weighted by atomic mass is 9.96. The Balaban J connectivity index is 1.75. The summed E-state index contributed by atoms with van der Waals surface area (Å²) in [6.07, 6.45) is 3.19. The van der Waals surface area contributed by atoms with E-state index in [9.17, 15) is 12.8 Å². The van der Waals surface area contributed by atoms with Crippen LogP contribution in [0.15, 0.2) is 18.2 Å². The van der Waals surface area contributed by atoms with Crippen LogP contribution < -0.4 is 5.32 Å². The molecule has 4 nitrogen and oxygen atoms in total. The predicted molar refractivity (Wildman–Crippen MR) is 80.2 cm³/mol. The van der Waals surface area contributed by atoms with Gasteiger partial charge in [0.25, 0.3) is 0 Å². The third kappa shape index (κ3) is 3.39. The molecule has 2 saturated heterocycles. The summed E-state index contributed by atoms with van der Waals surface area (Å²) in [5, 5.41) is 3.42. The maximum absolute atomic E-state index is 13.1. The van der Waals surface area contributed by atoms with Crippen LogP contribution in [-0.2, 0) is 15.8 Å². The molecule has 7 heteroatoms. The summed E-state index contributed by atoms with van der Waals surface area (Å²) < 4.78 is 39.8. The molecule has 2 aliphatic rings. The van der Waals surface area contributed by atoms with Gasteiger partial charge < -0.3 is 5.32 Å². The smallest absolute Gasteiger partial charge is 0.218 e. The molecule has 2 aliphatic heterocycles. The summed E-state index contributed by atoms with van der Waals surface area (Å²) in [6, 6.07) is 4.58. The minimum atomic E-state index is -3.40. The normalized spacial score (nSPS) is 26.8. The second kappa shape index (κ2) is 5.83. The number of fused-ring (bicyclic) bond motifs is 2. The molecule has 21 heavy (non-hydrogen) atoms. The van der Waals surface area contributed by atoms with Crippen molar-refractivity contribution in [2.45, 2.75) is 37.1 Å². The van der Waals surface area contributed by atoms with Gasteiger partial charge in [0.05, 0.1) is 10.8 Å². The van der Waals surface area contributed by atoms with E-state index < -0.39 is 15.8 Å². The Bertz CT molecular complexity index is 626. The fraction of sp³-hybridized carbons (Fsp3) is 0.571. The molecule has 116 valence electrons. The predicted octanol–water partition coefficient (Wildman–Crippen LogP) is 2.14. The van der Waals surface area contributed by atoms with Crippen molar-refractivity contribution in [2.24, 2.45) is 0 Å². The molecule has 0 spiro atoms. The van der Waals surface area contributed by atoms with Gasteiger partial charge in [-0.3, -0.25) is 0 Å². The summed E-state index contributed by atoms with van der Waals surface area (Å²) in [6.45, 7) is 1.04. The van der Waals surface area contributed by atoms with Crippen LogP contribution in [0.3, 0.4) is 0 Å². The molecule has 0 radical (unpaired) electrons. The zero-order valence-corrected chi connectivity index (χ0v) is 13.1. The lowest BCUT2D eigenvalue weighted by Crippen LogP contribution is -2.59. The second-order valence-electron chi connectivity index (χ2n) is 5.81. The van der Waals surface area contributed by atoms with Gasteiger partial charge in [-0.1, -0.05) is 24.1 Å². The molecule has 2 atom stereocenters.